The third-order valence-corrected chi connectivity index (χ3v) is 15.6. The van der Waals surface area contributed by atoms with Crippen LogP contribution >= 0.6 is 7.82 Å². The zero-order valence-corrected chi connectivity index (χ0v) is 54.5. The monoisotopic (exact) mass is 1180 g/mol. The van der Waals surface area contributed by atoms with E-state index < -0.39 is 26.5 Å². The van der Waals surface area contributed by atoms with Gasteiger partial charge in [0.1, 0.15) is 6.61 Å². The number of unbranched alkanes of at least 4 members (excludes halogenated alkanes) is 33. The molecule has 0 radical (unpaired) electrons. The lowest BCUT2D eigenvalue weighted by Crippen LogP contribution is -2.29. The minimum absolute atomic E-state index is 0.0468. The van der Waals surface area contributed by atoms with Gasteiger partial charge in [-0.2, -0.15) is 0 Å². The highest BCUT2D eigenvalue weighted by Crippen LogP contribution is 2.43. The van der Waals surface area contributed by atoms with E-state index in [1.165, 1.54) is 167 Å². The summed E-state index contributed by atoms with van der Waals surface area (Å²) in [5.74, 6) is -0.840. The molecule has 478 valence electrons. The van der Waals surface area contributed by atoms with Gasteiger partial charge in [0, 0.05) is 19.4 Å². The number of carbonyl (C=O) groups is 2. The van der Waals surface area contributed by atoms with E-state index in [9.17, 15) is 19.0 Å². The SMILES string of the molecule is CC/C=C\C/C=C\C/C=C\C/C=C\C/C=C\C/C=C\CCCCCCCCC(=O)OC(COC(=O)CCCCCCCCCCCCCCCCCCCCCCCC/C=C\C/C=C\C/C=C\CCCCCCC)COP(=O)(O)OCCN. The second-order valence-corrected chi connectivity index (χ2v) is 24.1. The van der Waals surface area contributed by atoms with Crippen LogP contribution in [0.4, 0.5) is 0 Å². The van der Waals surface area contributed by atoms with Gasteiger partial charge in [0.25, 0.3) is 0 Å². The molecule has 0 aliphatic carbocycles. The molecule has 0 aromatic carbocycles. The first kappa shape index (κ1) is 79.7. The van der Waals surface area contributed by atoms with Crippen LogP contribution in [0.5, 0.6) is 0 Å². The molecule has 0 saturated carbocycles. The zero-order valence-electron chi connectivity index (χ0n) is 53.7. The molecule has 2 unspecified atom stereocenters. The minimum Gasteiger partial charge on any atom is -0.462 e. The number of hydrogen-bond acceptors (Lipinski definition) is 8. The van der Waals surface area contributed by atoms with Crippen molar-refractivity contribution in [2.75, 3.05) is 26.4 Å². The zero-order chi connectivity index (χ0) is 60.1. The Balaban J connectivity index is 3.87. The number of carbonyl (C=O) groups excluding carboxylic acids is 2. The van der Waals surface area contributed by atoms with Crippen molar-refractivity contribution < 1.29 is 37.6 Å². The van der Waals surface area contributed by atoms with Gasteiger partial charge in [-0.3, -0.25) is 18.6 Å². The summed E-state index contributed by atoms with van der Waals surface area (Å²) in [5.41, 5.74) is 5.40. The number of phosphoric acid groups is 1. The molecule has 0 bridgehead atoms. The van der Waals surface area contributed by atoms with Crippen molar-refractivity contribution in [1.82, 2.24) is 0 Å². The molecule has 0 aromatic heterocycles. The van der Waals surface area contributed by atoms with E-state index in [2.05, 4.69) is 123 Å². The molecule has 2 atom stereocenters. The molecule has 3 N–H and O–H groups in total. The standard InChI is InChI=1S/C73H128NO8P/c1-3-5-7-9-11-13-15-17-19-21-23-25-27-29-30-31-32-33-34-35-36-37-38-39-40-42-43-45-47-49-51-53-55-57-59-61-63-65-72(75)79-69-71(70-81-83(77,78)80-68-67-74)82-73(76)66-64-62-60-58-56-54-52-50-48-46-44-41-28-26-24-22-20-18-16-14-12-10-8-6-4-2/h6,8,12,14-15,17-18,20-21,23-24,26-27,29,41,44,48,50,71H,3-5,7,9-11,13,16,19,22,25,28,30-40,42-43,45-47,49,51-70,74H2,1-2H3,(H,77,78)/b8-6-,14-12-,17-15-,20-18-,23-21-,26-24-,29-27-,44-41-,50-48-. The molecule has 0 spiro atoms. The van der Waals surface area contributed by atoms with Gasteiger partial charge in [-0.1, -0.05) is 303 Å². The minimum atomic E-state index is -4.40. The summed E-state index contributed by atoms with van der Waals surface area (Å²) >= 11 is 0. The van der Waals surface area contributed by atoms with E-state index in [1.807, 2.05) is 0 Å². The van der Waals surface area contributed by atoms with Crippen LogP contribution in [0.3, 0.4) is 0 Å². The molecule has 0 aromatic rings. The van der Waals surface area contributed by atoms with Crippen LogP contribution < -0.4 is 5.73 Å². The first-order chi connectivity index (χ1) is 40.8. The quantitative estimate of drug-likeness (QED) is 0.0264. The molecule has 0 fully saturated rings. The van der Waals surface area contributed by atoms with Crippen LogP contribution in [0, 0.1) is 0 Å². The third-order valence-electron chi connectivity index (χ3n) is 14.6. The van der Waals surface area contributed by atoms with Crippen molar-refractivity contribution >= 4 is 19.8 Å². The van der Waals surface area contributed by atoms with Crippen molar-refractivity contribution in [3.05, 3.63) is 109 Å². The smallest absolute Gasteiger partial charge is 0.462 e. The van der Waals surface area contributed by atoms with Crippen molar-refractivity contribution in [1.29, 1.82) is 0 Å². The number of hydrogen-bond donors (Lipinski definition) is 2. The molecule has 0 amide bonds. The number of allylic oxidation sites excluding steroid dienone is 18. The number of rotatable bonds is 64. The van der Waals surface area contributed by atoms with E-state index in [0.29, 0.717) is 6.42 Å². The van der Waals surface area contributed by atoms with Crippen molar-refractivity contribution in [3.63, 3.8) is 0 Å². The van der Waals surface area contributed by atoms with Crippen LogP contribution in [0.15, 0.2) is 109 Å². The Morgan fingerprint density at radius 2 is 0.663 bits per heavy atom. The molecule has 0 aliphatic rings. The molecule has 10 heteroatoms. The Hall–Kier alpha value is -3.33. The Kier molecular flexibility index (Phi) is 65.1. The van der Waals surface area contributed by atoms with E-state index in [4.69, 9.17) is 24.3 Å². The summed E-state index contributed by atoms with van der Waals surface area (Å²) in [5, 5.41) is 0. The average molecular weight is 1180 g/mol. The lowest BCUT2D eigenvalue weighted by Gasteiger charge is -2.19. The third kappa shape index (κ3) is 67.7. The maximum absolute atomic E-state index is 12.7. The summed E-state index contributed by atoms with van der Waals surface area (Å²) in [6, 6.07) is 0. The predicted molar refractivity (Wildman–Crippen MR) is 358 cm³/mol. The van der Waals surface area contributed by atoms with Crippen LogP contribution in [0.25, 0.3) is 0 Å². The number of esters is 2. The van der Waals surface area contributed by atoms with Gasteiger partial charge in [0.05, 0.1) is 13.2 Å². The second kappa shape index (κ2) is 67.8. The van der Waals surface area contributed by atoms with Gasteiger partial charge in [-0.15, -0.1) is 0 Å². The highest BCUT2D eigenvalue weighted by atomic mass is 31.2. The largest absolute Gasteiger partial charge is 0.472 e. The Morgan fingerprint density at radius 1 is 0.373 bits per heavy atom. The Morgan fingerprint density at radius 3 is 0.988 bits per heavy atom. The Labute approximate surface area is 511 Å². The van der Waals surface area contributed by atoms with Gasteiger partial charge in [-0.25, -0.2) is 4.57 Å². The van der Waals surface area contributed by atoms with Crippen LogP contribution in [0.2, 0.25) is 0 Å². The van der Waals surface area contributed by atoms with Gasteiger partial charge in [-0.05, 0) is 103 Å². The fourth-order valence-electron chi connectivity index (χ4n) is 9.59. The summed E-state index contributed by atoms with van der Waals surface area (Å²) in [6.07, 6.45) is 93.2. The van der Waals surface area contributed by atoms with Gasteiger partial charge >= 0.3 is 19.8 Å². The first-order valence-corrected chi connectivity index (χ1v) is 35.9. The maximum Gasteiger partial charge on any atom is 0.472 e. The van der Waals surface area contributed by atoms with Crippen LogP contribution in [-0.4, -0.2) is 49.3 Å². The summed E-state index contributed by atoms with van der Waals surface area (Å²) in [6.45, 7) is 3.62. The molecule has 0 heterocycles. The van der Waals surface area contributed by atoms with Gasteiger partial charge in [0.2, 0.25) is 0 Å². The average Bonchev–Trinajstić information content (AvgIpc) is 3.49. The normalized spacial score (nSPS) is 13.6. The fraction of sp³-hybridized carbons (Fsp3) is 0.726. The molecule has 0 rings (SSSR count). The second-order valence-electron chi connectivity index (χ2n) is 22.7. The van der Waals surface area contributed by atoms with E-state index in [-0.39, 0.29) is 38.6 Å². The summed E-state index contributed by atoms with van der Waals surface area (Å²) < 4.78 is 33.1. The van der Waals surface area contributed by atoms with E-state index in [1.54, 1.807) is 0 Å². The Bertz CT molecular complexity index is 1730. The molecule has 0 saturated heterocycles. The number of nitrogens with two attached hydrogens (primary N) is 1. The van der Waals surface area contributed by atoms with E-state index in [0.717, 1.165) is 109 Å². The van der Waals surface area contributed by atoms with Crippen LogP contribution in [0.1, 0.15) is 309 Å². The maximum atomic E-state index is 12.7. The van der Waals surface area contributed by atoms with Crippen molar-refractivity contribution in [3.8, 4) is 0 Å². The molecular weight excluding hydrogens is 1050 g/mol. The first-order valence-electron chi connectivity index (χ1n) is 34.4. The highest BCUT2D eigenvalue weighted by Gasteiger charge is 2.26. The highest BCUT2D eigenvalue weighted by molar-refractivity contribution is 7.47. The number of phosphoric ester groups is 1. The lowest BCUT2D eigenvalue weighted by atomic mass is 10.0. The molecule has 9 nitrogen and oxygen atoms in total. The lowest BCUT2D eigenvalue weighted by molar-refractivity contribution is -0.161. The molecule has 83 heavy (non-hydrogen) atoms. The molecular formula is C73H128NO8P. The molecule has 0 aliphatic heterocycles. The fourth-order valence-corrected chi connectivity index (χ4v) is 10.4. The predicted octanol–water partition coefficient (Wildman–Crippen LogP) is 22.5. The number of ether oxygens (including phenoxy) is 2. The summed E-state index contributed by atoms with van der Waals surface area (Å²) in [4.78, 5) is 35.3. The van der Waals surface area contributed by atoms with Gasteiger partial charge in [0.15, 0.2) is 6.10 Å². The van der Waals surface area contributed by atoms with Crippen molar-refractivity contribution in [2.45, 2.75) is 315 Å². The van der Waals surface area contributed by atoms with Crippen molar-refractivity contribution in [2.24, 2.45) is 5.73 Å². The topological polar surface area (TPSA) is 134 Å². The van der Waals surface area contributed by atoms with Gasteiger partial charge < -0.3 is 20.1 Å². The van der Waals surface area contributed by atoms with Crippen LogP contribution in [-0.2, 0) is 32.7 Å². The summed E-state index contributed by atoms with van der Waals surface area (Å²) in [7, 11) is -4.40. The van der Waals surface area contributed by atoms with E-state index >= 15 is 0 Å².